The van der Waals surface area contributed by atoms with E-state index in [1.807, 2.05) is 77.0 Å². The number of rotatable bonds is 4. The van der Waals surface area contributed by atoms with Crippen LogP contribution in [-0.2, 0) is 4.79 Å². The zero-order valence-corrected chi connectivity index (χ0v) is 16.3. The summed E-state index contributed by atoms with van der Waals surface area (Å²) in [4.78, 5) is 28.4. The molecule has 2 heterocycles. The molecule has 2 aromatic carbocycles. The van der Waals surface area contributed by atoms with Crippen molar-refractivity contribution >= 4 is 28.8 Å². The molecule has 1 N–H and O–H groups in total. The van der Waals surface area contributed by atoms with Gasteiger partial charge in [0.15, 0.2) is 0 Å². The second-order valence-corrected chi connectivity index (χ2v) is 7.89. The highest BCUT2D eigenvalue weighted by atomic mass is 32.1. The molecule has 1 unspecified atom stereocenters. The van der Waals surface area contributed by atoms with Crippen LogP contribution in [0.25, 0.3) is 11.1 Å². The number of carbonyl (C=O) groups excluding carboxylic acids is 2. The van der Waals surface area contributed by atoms with Gasteiger partial charge < -0.3 is 10.2 Å². The molecule has 0 radical (unpaired) electrons. The predicted molar refractivity (Wildman–Crippen MR) is 113 cm³/mol. The van der Waals surface area contributed by atoms with Crippen LogP contribution in [0, 0.1) is 5.92 Å². The minimum Gasteiger partial charge on any atom is -0.337 e. The van der Waals surface area contributed by atoms with Crippen molar-refractivity contribution in [3.05, 3.63) is 77.0 Å². The monoisotopic (exact) mass is 390 g/mol. The number of hydrogen-bond donors (Lipinski definition) is 1. The van der Waals surface area contributed by atoms with Gasteiger partial charge in [-0.2, -0.15) is 0 Å². The average Bonchev–Trinajstić information content (AvgIpc) is 3.24. The first-order valence-electron chi connectivity index (χ1n) is 9.50. The Labute approximate surface area is 168 Å². The van der Waals surface area contributed by atoms with E-state index in [0.29, 0.717) is 13.1 Å². The Morgan fingerprint density at radius 1 is 0.964 bits per heavy atom. The summed E-state index contributed by atoms with van der Waals surface area (Å²) in [6, 6.07) is 21.4. The van der Waals surface area contributed by atoms with Crippen LogP contribution < -0.4 is 5.32 Å². The van der Waals surface area contributed by atoms with Gasteiger partial charge >= 0.3 is 0 Å². The Morgan fingerprint density at radius 3 is 2.43 bits per heavy atom. The minimum atomic E-state index is -0.182. The van der Waals surface area contributed by atoms with Crippen LogP contribution >= 0.6 is 11.3 Å². The molecule has 0 bridgehead atoms. The number of amides is 2. The maximum absolute atomic E-state index is 13.2. The average molecular weight is 391 g/mol. The molecule has 2 amide bonds. The van der Waals surface area contributed by atoms with Gasteiger partial charge in [0.05, 0.1) is 10.8 Å². The summed E-state index contributed by atoms with van der Waals surface area (Å²) in [5, 5.41) is 4.93. The molecule has 1 atom stereocenters. The van der Waals surface area contributed by atoms with Crippen molar-refractivity contribution in [3.63, 3.8) is 0 Å². The predicted octanol–water partition coefficient (Wildman–Crippen LogP) is 4.91. The number of thiophene rings is 1. The van der Waals surface area contributed by atoms with Gasteiger partial charge in [0.1, 0.15) is 0 Å². The van der Waals surface area contributed by atoms with E-state index in [1.54, 1.807) is 0 Å². The number of para-hydroxylation sites is 1. The first-order valence-corrected chi connectivity index (χ1v) is 10.4. The van der Waals surface area contributed by atoms with Crippen molar-refractivity contribution in [2.24, 2.45) is 5.92 Å². The third-order valence-corrected chi connectivity index (χ3v) is 5.97. The standard InChI is InChI=1S/C23H22N2O2S/c26-22(24-19-11-5-2-6-12-19)18-10-7-14-25(16-18)23(27)21-20(13-15-28-21)17-8-3-1-4-9-17/h1-6,8-9,11-13,15,18H,7,10,14,16H2,(H,24,26). The highest BCUT2D eigenvalue weighted by Gasteiger charge is 2.30. The smallest absolute Gasteiger partial charge is 0.264 e. The van der Waals surface area contributed by atoms with E-state index in [1.165, 1.54) is 11.3 Å². The quantitative estimate of drug-likeness (QED) is 0.688. The highest BCUT2D eigenvalue weighted by molar-refractivity contribution is 7.12. The number of piperidine rings is 1. The third-order valence-electron chi connectivity index (χ3n) is 5.06. The van der Waals surface area contributed by atoms with Crippen molar-refractivity contribution in [3.8, 4) is 11.1 Å². The second kappa shape index (κ2) is 8.40. The molecule has 1 aliphatic rings. The molecule has 1 aromatic heterocycles. The molecule has 142 valence electrons. The van der Waals surface area contributed by atoms with Gasteiger partial charge in [-0.1, -0.05) is 48.5 Å². The Bertz CT molecular complexity index is 953. The van der Waals surface area contributed by atoms with Crippen LogP contribution in [-0.4, -0.2) is 29.8 Å². The molecule has 0 spiro atoms. The molecular weight excluding hydrogens is 368 g/mol. The summed E-state index contributed by atoms with van der Waals surface area (Å²) >= 11 is 1.47. The lowest BCUT2D eigenvalue weighted by Crippen LogP contribution is -2.43. The van der Waals surface area contributed by atoms with Gasteiger partial charge in [0.2, 0.25) is 5.91 Å². The molecule has 4 rings (SSSR count). The Balaban J connectivity index is 1.47. The molecule has 1 fully saturated rings. The Morgan fingerprint density at radius 2 is 1.68 bits per heavy atom. The summed E-state index contributed by atoms with van der Waals surface area (Å²) in [7, 11) is 0. The minimum absolute atomic E-state index is 0.0156. The van der Waals surface area contributed by atoms with Crippen LogP contribution in [0.3, 0.4) is 0 Å². The molecule has 0 saturated carbocycles. The van der Waals surface area contributed by atoms with Crippen molar-refractivity contribution in [1.82, 2.24) is 4.90 Å². The molecular formula is C23H22N2O2S. The number of benzene rings is 2. The number of likely N-dealkylation sites (tertiary alicyclic amines) is 1. The highest BCUT2D eigenvalue weighted by Crippen LogP contribution is 2.30. The van der Waals surface area contributed by atoms with Gasteiger partial charge in [-0.15, -0.1) is 11.3 Å². The number of carbonyl (C=O) groups is 2. The molecule has 4 nitrogen and oxygen atoms in total. The third kappa shape index (κ3) is 3.99. The van der Waals surface area contributed by atoms with E-state index in [0.717, 1.165) is 34.5 Å². The zero-order valence-electron chi connectivity index (χ0n) is 15.5. The van der Waals surface area contributed by atoms with E-state index < -0.39 is 0 Å². The summed E-state index contributed by atoms with van der Waals surface area (Å²) in [5.74, 6) is -0.178. The lowest BCUT2D eigenvalue weighted by molar-refractivity contribution is -0.121. The van der Waals surface area contributed by atoms with Crippen LogP contribution in [0.5, 0.6) is 0 Å². The number of nitrogens with one attached hydrogen (secondary N) is 1. The normalized spacial score (nSPS) is 16.6. The van der Waals surface area contributed by atoms with Gasteiger partial charge in [0.25, 0.3) is 5.91 Å². The lowest BCUT2D eigenvalue weighted by atomic mass is 9.96. The molecule has 28 heavy (non-hydrogen) atoms. The summed E-state index contributed by atoms with van der Waals surface area (Å²) in [6.45, 7) is 1.16. The fraction of sp³-hybridized carbons (Fsp3) is 0.217. The first-order chi connectivity index (χ1) is 13.7. The zero-order chi connectivity index (χ0) is 19.3. The van der Waals surface area contributed by atoms with Crippen LogP contribution in [0.4, 0.5) is 5.69 Å². The molecule has 0 aliphatic carbocycles. The number of nitrogens with zero attached hydrogens (tertiary/aromatic N) is 1. The van der Waals surface area contributed by atoms with Crippen molar-refractivity contribution in [2.45, 2.75) is 12.8 Å². The topological polar surface area (TPSA) is 49.4 Å². The van der Waals surface area contributed by atoms with E-state index in [-0.39, 0.29) is 17.7 Å². The summed E-state index contributed by atoms with van der Waals surface area (Å²) in [5.41, 5.74) is 2.80. The largest absolute Gasteiger partial charge is 0.337 e. The first kappa shape index (κ1) is 18.4. The van der Waals surface area contributed by atoms with Crippen LogP contribution in [0.1, 0.15) is 22.5 Å². The lowest BCUT2D eigenvalue weighted by Gasteiger charge is -2.32. The Kier molecular flexibility index (Phi) is 5.53. The molecule has 3 aromatic rings. The van der Waals surface area contributed by atoms with E-state index >= 15 is 0 Å². The SMILES string of the molecule is O=C(Nc1ccccc1)C1CCCN(C(=O)c2sccc2-c2ccccc2)C1. The molecule has 1 aliphatic heterocycles. The number of anilines is 1. The summed E-state index contributed by atoms with van der Waals surface area (Å²) in [6.07, 6.45) is 1.64. The van der Waals surface area contributed by atoms with Crippen molar-refractivity contribution < 1.29 is 9.59 Å². The maximum Gasteiger partial charge on any atom is 0.264 e. The fourth-order valence-electron chi connectivity index (χ4n) is 3.60. The number of hydrogen-bond acceptors (Lipinski definition) is 3. The van der Waals surface area contributed by atoms with Gasteiger partial charge in [-0.25, -0.2) is 0 Å². The fourth-order valence-corrected chi connectivity index (χ4v) is 4.49. The molecule has 5 heteroatoms. The van der Waals surface area contributed by atoms with E-state index in [4.69, 9.17) is 0 Å². The maximum atomic E-state index is 13.2. The van der Waals surface area contributed by atoms with Crippen molar-refractivity contribution in [1.29, 1.82) is 0 Å². The second-order valence-electron chi connectivity index (χ2n) is 6.98. The van der Waals surface area contributed by atoms with Gasteiger partial charge in [-0.3, -0.25) is 9.59 Å². The van der Waals surface area contributed by atoms with Gasteiger partial charge in [0, 0.05) is 24.3 Å². The van der Waals surface area contributed by atoms with Crippen LogP contribution in [0.15, 0.2) is 72.1 Å². The van der Waals surface area contributed by atoms with E-state index in [2.05, 4.69) is 5.32 Å². The summed E-state index contributed by atoms with van der Waals surface area (Å²) < 4.78 is 0. The Hall–Kier alpha value is -2.92. The van der Waals surface area contributed by atoms with Crippen molar-refractivity contribution in [2.75, 3.05) is 18.4 Å². The molecule has 1 saturated heterocycles. The van der Waals surface area contributed by atoms with Crippen LogP contribution in [0.2, 0.25) is 0 Å². The van der Waals surface area contributed by atoms with Gasteiger partial charge in [-0.05, 0) is 42.0 Å². The van der Waals surface area contributed by atoms with E-state index in [9.17, 15) is 9.59 Å².